The normalized spacial score (nSPS) is 18.1. The summed E-state index contributed by atoms with van der Waals surface area (Å²) in [6, 6.07) is 5.44. The summed E-state index contributed by atoms with van der Waals surface area (Å²) in [6.45, 7) is 1.28. The summed E-state index contributed by atoms with van der Waals surface area (Å²) in [5, 5.41) is 3.15. The number of piperidine rings is 1. The van der Waals surface area contributed by atoms with Gasteiger partial charge in [0.05, 0.1) is 0 Å². The highest BCUT2D eigenvalue weighted by molar-refractivity contribution is 7.89. The molecule has 0 spiro atoms. The second-order valence-corrected chi connectivity index (χ2v) is 7.28. The van der Waals surface area contributed by atoms with Crippen molar-refractivity contribution in [3.63, 3.8) is 0 Å². The quantitative estimate of drug-likeness (QED) is 0.776. The molecule has 1 amide bonds. The second-order valence-electron chi connectivity index (χ2n) is 5.55. The van der Waals surface area contributed by atoms with E-state index in [9.17, 15) is 17.6 Å². The number of likely N-dealkylation sites (N-methyl/N-ethyl adjacent to an activating group) is 1. The van der Waals surface area contributed by atoms with Crippen molar-refractivity contribution in [2.45, 2.75) is 30.2 Å². The van der Waals surface area contributed by atoms with Crippen molar-refractivity contribution < 1.29 is 17.6 Å². The molecule has 1 fully saturated rings. The van der Waals surface area contributed by atoms with Crippen LogP contribution in [0.5, 0.6) is 0 Å². The van der Waals surface area contributed by atoms with Crippen LogP contribution >= 0.6 is 12.4 Å². The average molecular weight is 380 g/mol. The Bertz CT molecular complexity index is 657. The highest BCUT2D eigenvalue weighted by Crippen LogP contribution is 2.14. The third kappa shape index (κ3) is 5.41. The molecule has 0 radical (unpaired) electrons. The van der Waals surface area contributed by atoms with Crippen molar-refractivity contribution >= 4 is 28.3 Å². The number of rotatable bonds is 6. The van der Waals surface area contributed by atoms with Crippen LogP contribution in [0, 0.1) is 5.82 Å². The van der Waals surface area contributed by atoms with Crippen LogP contribution in [-0.2, 0) is 14.8 Å². The van der Waals surface area contributed by atoms with Crippen LogP contribution in [0.2, 0.25) is 0 Å². The van der Waals surface area contributed by atoms with Gasteiger partial charge in [-0.05, 0) is 32.0 Å². The van der Waals surface area contributed by atoms with E-state index >= 15 is 0 Å². The van der Waals surface area contributed by atoms with Crippen molar-refractivity contribution in [2.75, 3.05) is 26.7 Å². The molecular formula is C15H23ClFN3O3S. The van der Waals surface area contributed by atoms with Gasteiger partial charge in [-0.3, -0.25) is 4.79 Å². The Kier molecular flexibility index (Phi) is 8.08. The summed E-state index contributed by atoms with van der Waals surface area (Å²) in [7, 11) is -2.08. The van der Waals surface area contributed by atoms with Gasteiger partial charge in [-0.25, -0.2) is 17.5 Å². The molecular weight excluding hydrogens is 357 g/mol. The summed E-state index contributed by atoms with van der Waals surface area (Å²) >= 11 is 0. The largest absolute Gasteiger partial charge is 0.341 e. The van der Waals surface area contributed by atoms with E-state index in [0.29, 0.717) is 13.1 Å². The van der Waals surface area contributed by atoms with Gasteiger partial charge in [0.2, 0.25) is 15.9 Å². The fourth-order valence-electron chi connectivity index (χ4n) is 2.63. The minimum Gasteiger partial charge on any atom is -0.341 e. The van der Waals surface area contributed by atoms with Gasteiger partial charge in [-0.1, -0.05) is 12.1 Å². The van der Waals surface area contributed by atoms with Crippen molar-refractivity contribution in [3.05, 3.63) is 30.1 Å². The fourth-order valence-corrected chi connectivity index (χ4v) is 3.74. The molecule has 1 atom stereocenters. The van der Waals surface area contributed by atoms with E-state index in [2.05, 4.69) is 10.0 Å². The standard InChI is InChI=1S/C15H22FN3O3S.ClH/c1-17-12-5-4-10-19(11-12)15(20)8-9-18-23(21,22)14-7-3-2-6-13(14)16;/h2-3,6-7,12,17-18H,4-5,8-11H2,1H3;1H. The Morgan fingerprint density at radius 2 is 2.08 bits per heavy atom. The van der Waals surface area contributed by atoms with E-state index in [1.807, 2.05) is 7.05 Å². The van der Waals surface area contributed by atoms with Crippen LogP contribution in [0.3, 0.4) is 0 Å². The van der Waals surface area contributed by atoms with Gasteiger partial charge in [0.15, 0.2) is 0 Å². The number of carbonyl (C=O) groups excluding carboxylic acids is 1. The predicted molar refractivity (Wildman–Crippen MR) is 92.1 cm³/mol. The smallest absolute Gasteiger partial charge is 0.243 e. The molecule has 6 nitrogen and oxygen atoms in total. The molecule has 136 valence electrons. The number of carbonyl (C=O) groups is 1. The Hall–Kier alpha value is -1.22. The molecule has 0 aliphatic carbocycles. The van der Waals surface area contributed by atoms with Crippen molar-refractivity contribution in [1.29, 1.82) is 0 Å². The van der Waals surface area contributed by atoms with E-state index in [4.69, 9.17) is 0 Å². The molecule has 1 unspecified atom stereocenters. The highest BCUT2D eigenvalue weighted by Gasteiger charge is 2.23. The average Bonchev–Trinajstić information content (AvgIpc) is 2.55. The zero-order valence-corrected chi connectivity index (χ0v) is 15.1. The zero-order chi connectivity index (χ0) is 16.9. The van der Waals surface area contributed by atoms with Gasteiger partial charge >= 0.3 is 0 Å². The summed E-state index contributed by atoms with van der Waals surface area (Å²) in [4.78, 5) is 13.5. The first-order valence-electron chi connectivity index (χ1n) is 7.63. The molecule has 0 saturated carbocycles. The fraction of sp³-hybridized carbons (Fsp3) is 0.533. The zero-order valence-electron chi connectivity index (χ0n) is 13.5. The minimum atomic E-state index is -3.94. The first-order chi connectivity index (χ1) is 10.9. The predicted octanol–water partition coefficient (Wildman–Crippen LogP) is 1.13. The van der Waals surface area contributed by atoms with Crippen LogP contribution in [0.15, 0.2) is 29.2 Å². The molecule has 9 heteroatoms. The second kappa shape index (κ2) is 9.31. The summed E-state index contributed by atoms with van der Waals surface area (Å²) < 4.78 is 39.9. The Morgan fingerprint density at radius 1 is 1.38 bits per heavy atom. The molecule has 2 N–H and O–H groups in total. The summed E-state index contributed by atoms with van der Waals surface area (Å²) in [5.41, 5.74) is 0. The summed E-state index contributed by atoms with van der Waals surface area (Å²) in [5.74, 6) is -0.902. The maximum atomic E-state index is 13.5. The number of amides is 1. The molecule has 0 aromatic heterocycles. The molecule has 1 aromatic rings. The Balaban J connectivity index is 0.00000288. The first kappa shape index (κ1) is 20.8. The monoisotopic (exact) mass is 379 g/mol. The van der Waals surface area contributed by atoms with E-state index in [1.54, 1.807) is 4.90 Å². The Morgan fingerprint density at radius 3 is 2.75 bits per heavy atom. The highest BCUT2D eigenvalue weighted by atomic mass is 35.5. The van der Waals surface area contributed by atoms with Crippen LogP contribution in [-0.4, -0.2) is 51.9 Å². The number of nitrogens with zero attached hydrogens (tertiary/aromatic N) is 1. The summed E-state index contributed by atoms with van der Waals surface area (Å²) in [6.07, 6.45) is 2.02. The van der Waals surface area contributed by atoms with Crippen LogP contribution in [0.4, 0.5) is 4.39 Å². The number of hydrogen-bond donors (Lipinski definition) is 2. The third-order valence-electron chi connectivity index (χ3n) is 3.94. The van der Waals surface area contributed by atoms with Gasteiger partial charge in [-0.15, -0.1) is 12.4 Å². The SMILES string of the molecule is CNC1CCCN(C(=O)CCNS(=O)(=O)c2ccccc2F)C1.Cl. The minimum absolute atomic E-state index is 0. The van der Waals surface area contributed by atoms with Gasteiger partial charge < -0.3 is 10.2 Å². The first-order valence-corrected chi connectivity index (χ1v) is 9.11. The molecule has 2 rings (SSSR count). The lowest BCUT2D eigenvalue weighted by molar-refractivity contribution is -0.132. The number of halogens is 2. The lowest BCUT2D eigenvalue weighted by atomic mass is 10.1. The maximum absolute atomic E-state index is 13.5. The molecule has 24 heavy (non-hydrogen) atoms. The number of nitrogens with one attached hydrogen (secondary N) is 2. The maximum Gasteiger partial charge on any atom is 0.243 e. The van der Waals surface area contributed by atoms with Crippen LogP contribution in [0.25, 0.3) is 0 Å². The van der Waals surface area contributed by atoms with Crippen LogP contribution in [0.1, 0.15) is 19.3 Å². The molecule has 1 aromatic carbocycles. The van der Waals surface area contributed by atoms with Crippen molar-refractivity contribution in [2.24, 2.45) is 0 Å². The topological polar surface area (TPSA) is 78.5 Å². The van der Waals surface area contributed by atoms with Gasteiger partial charge in [0.1, 0.15) is 10.7 Å². The lowest BCUT2D eigenvalue weighted by Crippen LogP contribution is -2.47. The van der Waals surface area contributed by atoms with Gasteiger partial charge in [0, 0.05) is 32.1 Å². The Labute approximate surface area is 148 Å². The molecule has 0 bridgehead atoms. The molecule has 1 heterocycles. The van der Waals surface area contributed by atoms with Gasteiger partial charge in [0.25, 0.3) is 0 Å². The van der Waals surface area contributed by atoms with E-state index in [1.165, 1.54) is 18.2 Å². The van der Waals surface area contributed by atoms with Gasteiger partial charge in [-0.2, -0.15) is 0 Å². The number of sulfonamides is 1. The van der Waals surface area contributed by atoms with E-state index < -0.39 is 20.7 Å². The number of hydrogen-bond acceptors (Lipinski definition) is 4. The number of benzene rings is 1. The van der Waals surface area contributed by atoms with Crippen LogP contribution < -0.4 is 10.0 Å². The third-order valence-corrected chi connectivity index (χ3v) is 5.43. The van der Waals surface area contributed by atoms with Crippen molar-refractivity contribution in [1.82, 2.24) is 14.9 Å². The van der Waals surface area contributed by atoms with Crippen molar-refractivity contribution in [3.8, 4) is 0 Å². The van der Waals surface area contributed by atoms with E-state index in [0.717, 1.165) is 18.9 Å². The molecule has 1 aliphatic heterocycles. The lowest BCUT2D eigenvalue weighted by Gasteiger charge is -2.32. The molecule has 1 saturated heterocycles. The number of likely N-dealkylation sites (tertiary alicyclic amines) is 1. The van der Waals surface area contributed by atoms with E-state index in [-0.39, 0.29) is 37.3 Å². The molecule has 1 aliphatic rings.